The van der Waals surface area contributed by atoms with Gasteiger partial charge < -0.3 is 4.74 Å². The van der Waals surface area contributed by atoms with Gasteiger partial charge in [-0.15, -0.1) is 0 Å². The van der Waals surface area contributed by atoms with Gasteiger partial charge in [-0.1, -0.05) is 81.1 Å². The van der Waals surface area contributed by atoms with Crippen LogP contribution in [0.5, 0.6) is 0 Å². The van der Waals surface area contributed by atoms with Crippen molar-refractivity contribution in [1.82, 2.24) is 0 Å². The Morgan fingerprint density at radius 2 is 1.68 bits per heavy atom. The minimum atomic E-state index is -1.69. The third-order valence-corrected chi connectivity index (χ3v) is 11.0. The largest absolute Gasteiger partial charge is 0.463 e. The van der Waals surface area contributed by atoms with Crippen LogP contribution in [-0.2, 0) is 22.0 Å². The van der Waals surface area contributed by atoms with E-state index in [2.05, 4.69) is 38.1 Å². The number of ether oxygens (including phenoxy) is 1. The molecular weight excluding hydrogens is 324 g/mol. The summed E-state index contributed by atoms with van der Waals surface area (Å²) in [5.74, 6) is -0.131. The molecule has 0 saturated heterocycles. The molecule has 0 amide bonds. The first-order valence-corrected chi connectivity index (χ1v) is 12.7. The summed E-state index contributed by atoms with van der Waals surface area (Å²) in [6.45, 7) is 6.90. The molecule has 0 fully saturated rings. The average Bonchev–Trinajstić information content (AvgIpc) is 2.76. The van der Waals surface area contributed by atoms with E-state index in [1.165, 1.54) is 60.1 Å². The van der Waals surface area contributed by atoms with Crippen LogP contribution in [0, 0.1) is 0 Å². The van der Waals surface area contributed by atoms with Crippen LogP contribution in [0.3, 0.4) is 0 Å². The molecule has 138 valence electrons. The topological polar surface area (TPSA) is 26.3 Å². The fraction of sp³-hybridized carbons (Fsp3) is 0.591. The summed E-state index contributed by atoms with van der Waals surface area (Å²) in [7, 11) is -1.69. The Morgan fingerprint density at radius 3 is 2.28 bits per heavy atom. The number of rotatable bonds is 8. The fourth-order valence-electron chi connectivity index (χ4n) is 4.19. The highest BCUT2D eigenvalue weighted by Gasteiger charge is 2.38. The molecule has 0 aliphatic carbocycles. The Labute approximate surface area is 154 Å². The van der Waals surface area contributed by atoms with Crippen LogP contribution in [-0.4, -0.2) is 20.7 Å². The zero-order chi connectivity index (χ0) is 18.1. The van der Waals surface area contributed by atoms with Crippen molar-refractivity contribution in [1.29, 1.82) is 0 Å². The van der Waals surface area contributed by atoms with Gasteiger partial charge in [-0.2, -0.15) is 0 Å². The molecule has 0 atom stereocenters. The summed E-state index contributed by atoms with van der Waals surface area (Å²) in [5, 5.41) is 1.46. The van der Waals surface area contributed by atoms with Gasteiger partial charge in [0.25, 0.3) is 0 Å². The zero-order valence-electron chi connectivity index (χ0n) is 16.3. The van der Waals surface area contributed by atoms with E-state index in [9.17, 15) is 4.79 Å². The van der Waals surface area contributed by atoms with Crippen LogP contribution >= 0.6 is 0 Å². The van der Waals surface area contributed by atoms with Gasteiger partial charge in [-0.05, 0) is 36.9 Å². The Balaban J connectivity index is 2.43. The molecule has 0 radical (unpaired) electrons. The van der Waals surface area contributed by atoms with Gasteiger partial charge in [-0.25, -0.2) is 4.79 Å². The average molecular weight is 359 g/mol. The first-order valence-electron chi connectivity index (χ1n) is 10.1. The van der Waals surface area contributed by atoms with Crippen molar-refractivity contribution in [3.05, 3.63) is 46.7 Å². The van der Waals surface area contributed by atoms with Crippen molar-refractivity contribution >= 4 is 14.0 Å². The molecule has 3 heteroatoms. The molecule has 0 saturated carbocycles. The van der Waals surface area contributed by atoms with E-state index in [-0.39, 0.29) is 5.97 Å². The highest BCUT2D eigenvalue weighted by Crippen LogP contribution is 2.38. The normalized spacial score (nSPS) is 17.8. The van der Waals surface area contributed by atoms with Crippen LogP contribution < -0.4 is 0 Å². The van der Waals surface area contributed by atoms with E-state index in [1.54, 1.807) is 0 Å². The maximum atomic E-state index is 12.3. The SMILES string of the molecule is CCCC[Si]1(CCCC)Cc2ccccc2CC/C1=C/C(=O)OCC. The summed E-state index contributed by atoms with van der Waals surface area (Å²) >= 11 is 0. The van der Waals surface area contributed by atoms with Crippen LogP contribution in [0.2, 0.25) is 12.1 Å². The standard InChI is InChI=1S/C22H34O2Si/c1-4-7-15-25(16-8-5-2)18-20-12-10-9-11-19(20)13-14-21(25)17-22(23)24-6-3/h9-12,17H,4-8,13-16,18H2,1-3H3/b21-17-. The molecule has 0 spiro atoms. The molecule has 1 heterocycles. The van der Waals surface area contributed by atoms with E-state index in [0.29, 0.717) is 6.61 Å². The van der Waals surface area contributed by atoms with Gasteiger partial charge in [0, 0.05) is 6.08 Å². The lowest BCUT2D eigenvalue weighted by Crippen LogP contribution is -2.40. The van der Waals surface area contributed by atoms with Crippen molar-refractivity contribution < 1.29 is 9.53 Å². The molecule has 0 aromatic heterocycles. The Bertz CT molecular complexity index is 583. The van der Waals surface area contributed by atoms with Gasteiger partial charge in [0.1, 0.15) is 0 Å². The van der Waals surface area contributed by atoms with E-state index < -0.39 is 8.07 Å². The predicted molar refractivity (Wildman–Crippen MR) is 108 cm³/mol. The van der Waals surface area contributed by atoms with Gasteiger partial charge >= 0.3 is 5.97 Å². The molecule has 0 bridgehead atoms. The summed E-state index contributed by atoms with van der Waals surface area (Å²) < 4.78 is 5.27. The number of benzene rings is 1. The molecule has 0 unspecified atom stereocenters. The van der Waals surface area contributed by atoms with E-state index in [1.807, 2.05) is 13.0 Å². The minimum absolute atomic E-state index is 0.131. The molecule has 2 nitrogen and oxygen atoms in total. The van der Waals surface area contributed by atoms with Gasteiger partial charge in [0.05, 0.1) is 14.7 Å². The lowest BCUT2D eigenvalue weighted by Gasteiger charge is -2.34. The third-order valence-electron chi connectivity index (χ3n) is 5.59. The molecule has 0 N–H and O–H groups in total. The number of unbranched alkanes of at least 4 members (excludes halogenated alkanes) is 2. The second-order valence-electron chi connectivity index (χ2n) is 7.35. The van der Waals surface area contributed by atoms with E-state index in [4.69, 9.17) is 4.74 Å². The number of carbonyl (C=O) groups is 1. The highest BCUT2D eigenvalue weighted by atomic mass is 28.3. The van der Waals surface area contributed by atoms with Gasteiger partial charge in [0.15, 0.2) is 0 Å². The second-order valence-corrected chi connectivity index (χ2v) is 11.9. The summed E-state index contributed by atoms with van der Waals surface area (Å²) in [6.07, 6.45) is 9.01. The van der Waals surface area contributed by atoms with Gasteiger partial charge in [0.2, 0.25) is 0 Å². The van der Waals surface area contributed by atoms with Crippen molar-refractivity contribution in [2.45, 2.75) is 77.4 Å². The molecule has 1 aliphatic heterocycles. The Kier molecular flexibility index (Phi) is 7.95. The summed E-state index contributed by atoms with van der Waals surface area (Å²) in [4.78, 5) is 12.3. The monoisotopic (exact) mass is 358 g/mol. The lowest BCUT2D eigenvalue weighted by molar-refractivity contribution is -0.137. The maximum absolute atomic E-state index is 12.3. The number of allylic oxidation sites excluding steroid dienone is 1. The molecule has 1 aliphatic rings. The van der Waals surface area contributed by atoms with Crippen molar-refractivity contribution in [3.63, 3.8) is 0 Å². The highest BCUT2D eigenvalue weighted by molar-refractivity contribution is 6.86. The summed E-state index contributed by atoms with van der Waals surface area (Å²) in [6, 6.07) is 12.8. The number of hydrogen-bond acceptors (Lipinski definition) is 2. The number of esters is 1. The van der Waals surface area contributed by atoms with Crippen LogP contribution in [0.4, 0.5) is 0 Å². The second kappa shape index (κ2) is 9.96. The lowest BCUT2D eigenvalue weighted by atomic mass is 10.0. The zero-order valence-corrected chi connectivity index (χ0v) is 17.3. The number of aryl methyl sites for hydroxylation is 1. The van der Waals surface area contributed by atoms with E-state index >= 15 is 0 Å². The van der Waals surface area contributed by atoms with Crippen LogP contribution in [0.25, 0.3) is 0 Å². The number of hydrogen-bond donors (Lipinski definition) is 0. The fourth-order valence-corrected chi connectivity index (χ4v) is 9.88. The maximum Gasteiger partial charge on any atom is 0.330 e. The quantitative estimate of drug-likeness (QED) is 0.334. The number of fused-ring (bicyclic) bond motifs is 1. The molecule has 1 aromatic rings. The third kappa shape index (κ3) is 5.31. The molecule has 2 rings (SSSR count). The van der Waals surface area contributed by atoms with Crippen molar-refractivity contribution in [2.75, 3.05) is 6.61 Å². The smallest absolute Gasteiger partial charge is 0.330 e. The first-order chi connectivity index (χ1) is 12.1. The van der Waals surface area contributed by atoms with Crippen molar-refractivity contribution in [3.8, 4) is 0 Å². The Morgan fingerprint density at radius 1 is 1.04 bits per heavy atom. The minimum Gasteiger partial charge on any atom is -0.463 e. The van der Waals surface area contributed by atoms with Gasteiger partial charge in [-0.3, -0.25) is 0 Å². The molecule has 1 aromatic carbocycles. The number of carbonyl (C=O) groups excluding carboxylic acids is 1. The Hall–Kier alpha value is -1.35. The van der Waals surface area contributed by atoms with E-state index in [0.717, 1.165) is 12.8 Å². The molecule has 25 heavy (non-hydrogen) atoms. The first kappa shape index (κ1) is 20.0. The summed E-state index contributed by atoms with van der Waals surface area (Å²) in [5.41, 5.74) is 3.02. The predicted octanol–water partition coefficient (Wildman–Crippen LogP) is 5.79. The molecular formula is C22H34O2Si. The van der Waals surface area contributed by atoms with Crippen molar-refractivity contribution in [2.24, 2.45) is 0 Å². The van der Waals surface area contributed by atoms with Crippen LogP contribution in [0.1, 0.15) is 64.0 Å². The van der Waals surface area contributed by atoms with Crippen LogP contribution in [0.15, 0.2) is 35.5 Å².